The van der Waals surface area contributed by atoms with Gasteiger partial charge in [-0.05, 0) is 75.9 Å². The number of aromatic nitrogens is 12. The Balaban J connectivity index is 0.000000135. The van der Waals surface area contributed by atoms with E-state index in [1.807, 2.05) is 59.2 Å². The zero-order valence-corrected chi connectivity index (χ0v) is 38.4. The lowest BCUT2D eigenvalue weighted by molar-refractivity contribution is 0.425. The Labute approximate surface area is 392 Å². The first-order valence-corrected chi connectivity index (χ1v) is 21.8. The summed E-state index contributed by atoms with van der Waals surface area (Å²) in [7, 11) is 0. The van der Waals surface area contributed by atoms with Gasteiger partial charge in [-0.2, -0.15) is 9.97 Å². The van der Waals surface area contributed by atoms with Crippen LogP contribution in [0.2, 0.25) is 10.0 Å². The number of nitrogens with two attached hydrogens (primary N) is 4. The Morgan fingerprint density at radius 2 is 1.04 bits per heavy atom. The maximum atomic E-state index is 12.9. The number of nitrogen functional groups attached to an aromatic ring is 4. The number of para-hydroxylation sites is 1. The van der Waals surface area contributed by atoms with Gasteiger partial charge in [0.15, 0.2) is 11.6 Å². The molecule has 0 bridgehead atoms. The average molecular weight is 946 g/mol. The van der Waals surface area contributed by atoms with Gasteiger partial charge in [0.05, 0.1) is 37.5 Å². The van der Waals surface area contributed by atoms with Gasteiger partial charge in [0.2, 0.25) is 0 Å². The molecule has 0 saturated heterocycles. The number of nitrogens with zero attached hydrogens (tertiary/aromatic N) is 12. The molecule has 20 nitrogen and oxygen atoms in total. The lowest BCUT2D eigenvalue weighted by Gasteiger charge is -2.13. The van der Waals surface area contributed by atoms with Crippen LogP contribution in [0.1, 0.15) is 68.9 Å². The SMILES string of the molecule is CCCc1nc2cccc(Cl)c2c(=O)n1-c1ccccc1.CCCc1nc2cccc(Cl)c2c(=O)n1C1CC1.Cc1noc(-c2c(N)ncnc2N)n1.Cc1noc(-c2c(N)ncnc2N)n1. The minimum absolute atomic E-state index is 0.0246. The van der Waals surface area contributed by atoms with E-state index in [4.69, 9.17) is 55.2 Å². The van der Waals surface area contributed by atoms with Gasteiger partial charge in [-0.1, -0.05) is 77.7 Å². The Hall–Kier alpha value is -7.84. The number of aryl methyl sites for hydroxylation is 4. The van der Waals surface area contributed by atoms with Crippen LogP contribution in [-0.2, 0) is 12.8 Å². The van der Waals surface area contributed by atoms with Gasteiger partial charge >= 0.3 is 0 Å². The molecule has 9 aromatic rings. The van der Waals surface area contributed by atoms with Gasteiger partial charge in [0.25, 0.3) is 22.9 Å². The number of hydrogen-bond acceptors (Lipinski definition) is 18. The van der Waals surface area contributed by atoms with Crippen LogP contribution < -0.4 is 34.1 Å². The van der Waals surface area contributed by atoms with E-state index in [1.165, 1.54) is 12.7 Å². The van der Waals surface area contributed by atoms with Crippen molar-refractivity contribution in [2.45, 2.75) is 72.3 Å². The van der Waals surface area contributed by atoms with Gasteiger partial charge in [-0.3, -0.25) is 18.7 Å². The molecule has 344 valence electrons. The molecule has 0 amide bonds. The minimum Gasteiger partial charge on any atom is -0.383 e. The smallest absolute Gasteiger partial charge is 0.267 e. The quantitative estimate of drug-likeness (QED) is 0.116. The molecule has 6 heterocycles. The summed E-state index contributed by atoms with van der Waals surface area (Å²) in [5.74, 6) is 4.04. The normalized spacial score (nSPS) is 11.9. The molecule has 8 N–H and O–H groups in total. The van der Waals surface area contributed by atoms with E-state index in [-0.39, 0.29) is 46.2 Å². The molecule has 1 aliphatic rings. The molecule has 0 spiro atoms. The Kier molecular flexibility index (Phi) is 14.8. The zero-order chi connectivity index (χ0) is 47.8. The van der Waals surface area contributed by atoms with Crippen LogP contribution in [0.15, 0.2) is 98.0 Å². The molecule has 22 heteroatoms. The van der Waals surface area contributed by atoms with E-state index >= 15 is 0 Å². The van der Waals surface area contributed by atoms with E-state index in [2.05, 4.69) is 64.0 Å². The van der Waals surface area contributed by atoms with Gasteiger partial charge in [-0.25, -0.2) is 29.9 Å². The second-order valence-corrected chi connectivity index (χ2v) is 15.9. The molecular weight excluding hydrogens is 900 g/mol. The van der Waals surface area contributed by atoms with Gasteiger partial charge < -0.3 is 32.0 Å². The van der Waals surface area contributed by atoms with Crippen molar-refractivity contribution in [2.24, 2.45) is 0 Å². The van der Waals surface area contributed by atoms with Crippen LogP contribution >= 0.6 is 23.2 Å². The number of anilines is 4. The van der Waals surface area contributed by atoms with Crippen molar-refractivity contribution in [1.82, 2.24) is 59.3 Å². The predicted molar refractivity (Wildman–Crippen MR) is 257 cm³/mol. The van der Waals surface area contributed by atoms with E-state index in [0.29, 0.717) is 60.7 Å². The number of benzene rings is 3. The maximum Gasteiger partial charge on any atom is 0.267 e. The highest BCUT2D eigenvalue weighted by Gasteiger charge is 2.28. The molecule has 0 unspecified atom stereocenters. The molecule has 0 aliphatic heterocycles. The number of halogens is 2. The second-order valence-electron chi connectivity index (χ2n) is 15.0. The molecular formula is C45H46Cl2N16O4. The number of rotatable bonds is 8. The van der Waals surface area contributed by atoms with E-state index < -0.39 is 0 Å². The highest BCUT2D eigenvalue weighted by atomic mass is 35.5. The summed E-state index contributed by atoms with van der Waals surface area (Å²) in [6.07, 6.45) is 8.20. The highest BCUT2D eigenvalue weighted by Crippen LogP contribution is 2.35. The fourth-order valence-corrected chi connectivity index (χ4v) is 7.39. The van der Waals surface area contributed by atoms with Crippen LogP contribution in [0.4, 0.5) is 23.3 Å². The summed E-state index contributed by atoms with van der Waals surface area (Å²) in [6.45, 7) is 7.57. The standard InChI is InChI=1S/C17H15ClN2O.C14H15ClN2O.2C7H8N6O/c1-2-7-15-19-14-11-6-10-13(18)16(14)17(21)20(15)12-8-4-3-5-9-12;1-2-4-12-16-11-6-3-5-10(15)13(11)14(18)17(12)9-7-8-9;2*1-3-12-7(14-13-3)4-5(8)10-2-11-6(4)9/h3-6,8-11H,2,7H2,1H3;3,5-6,9H,2,4,7-8H2,1H3;2*2H,1H3,(H4,8,9,10,11). The fraction of sp³-hybridized carbons (Fsp3) is 0.244. The first-order chi connectivity index (χ1) is 32.3. The Morgan fingerprint density at radius 3 is 1.48 bits per heavy atom. The monoisotopic (exact) mass is 944 g/mol. The summed E-state index contributed by atoms with van der Waals surface area (Å²) in [4.78, 5) is 57.8. The number of fused-ring (bicyclic) bond motifs is 2. The summed E-state index contributed by atoms with van der Waals surface area (Å²) < 4.78 is 13.3. The lowest BCUT2D eigenvalue weighted by Crippen LogP contribution is -2.24. The molecule has 0 radical (unpaired) electrons. The van der Waals surface area contributed by atoms with Gasteiger partial charge in [0, 0.05) is 18.9 Å². The van der Waals surface area contributed by atoms with Crippen LogP contribution in [0, 0.1) is 13.8 Å². The van der Waals surface area contributed by atoms with Crippen LogP contribution in [0.5, 0.6) is 0 Å². The predicted octanol–water partition coefficient (Wildman–Crippen LogP) is 7.33. The topological polar surface area (TPSA) is 303 Å². The van der Waals surface area contributed by atoms with Crippen molar-refractivity contribution in [1.29, 1.82) is 0 Å². The zero-order valence-electron chi connectivity index (χ0n) is 36.9. The summed E-state index contributed by atoms with van der Waals surface area (Å²) in [5.41, 5.74) is 25.3. The molecule has 1 saturated carbocycles. The third-order valence-electron chi connectivity index (χ3n) is 10.0. The first kappa shape index (κ1) is 47.1. The molecule has 1 fully saturated rings. The van der Waals surface area contributed by atoms with Crippen LogP contribution in [0.25, 0.3) is 50.4 Å². The third-order valence-corrected chi connectivity index (χ3v) is 10.7. The highest BCUT2D eigenvalue weighted by molar-refractivity contribution is 6.35. The Morgan fingerprint density at radius 1 is 0.597 bits per heavy atom. The third kappa shape index (κ3) is 10.7. The molecule has 6 aromatic heterocycles. The van der Waals surface area contributed by atoms with Crippen molar-refractivity contribution in [3.63, 3.8) is 0 Å². The van der Waals surface area contributed by atoms with Crippen molar-refractivity contribution >= 4 is 68.3 Å². The van der Waals surface area contributed by atoms with E-state index in [9.17, 15) is 9.59 Å². The lowest BCUT2D eigenvalue weighted by atomic mass is 10.2. The fourth-order valence-electron chi connectivity index (χ4n) is 6.89. The van der Waals surface area contributed by atoms with Crippen molar-refractivity contribution in [3.8, 4) is 28.6 Å². The summed E-state index contributed by atoms with van der Waals surface area (Å²) in [5, 5.41) is 9.23. The Bertz CT molecular complexity index is 3170. The summed E-state index contributed by atoms with van der Waals surface area (Å²) >= 11 is 12.3. The molecule has 0 atom stereocenters. The summed E-state index contributed by atoms with van der Waals surface area (Å²) in [6, 6.07) is 20.7. The van der Waals surface area contributed by atoms with Crippen molar-refractivity contribution in [2.75, 3.05) is 22.9 Å². The average Bonchev–Trinajstić information content (AvgIpc) is 3.90. The maximum absolute atomic E-state index is 12.9. The number of hydrogen-bond donors (Lipinski definition) is 4. The first-order valence-electron chi connectivity index (χ1n) is 21.1. The molecule has 1 aliphatic carbocycles. The largest absolute Gasteiger partial charge is 0.383 e. The minimum atomic E-state index is -0.111. The van der Waals surface area contributed by atoms with Gasteiger partial charge in [0.1, 0.15) is 58.7 Å². The second kappa shape index (κ2) is 21.0. The van der Waals surface area contributed by atoms with Crippen LogP contribution in [-0.4, -0.2) is 59.3 Å². The van der Waals surface area contributed by atoms with Gasteiger partial charge in [-0.15, -0.1) is 0 Å². The molecule has 67 heavy (non-hydrogen) atoms. The molecule has 10 rings (SSSR count). The van der Waals surface area contributed by atoms with Crippen molar-refractivity contribution in [3.05, 3.63) is 133 Å². The van der Waals surface area contributed by atoms with Crippen molar-refractivity contribution < 1.29 is 9.05 Å². The van der Waals surface area contributed by atoms with E-state index in [0.717, 1.165) is 55.9 Å². The molecule has 3 aromatic carbocycles. The van der Waals surface area contributed by atoms with E-state index in [1.54, 1.807) is 30.5 Å². The van der Waals surface area contributed by atoms with Crippen LogP contribution in [0.3, 0.4) is 0 Å².